The fourth-order valence-corrected chi connectivity index (χ4v) is 2.79. The Morgan fingerprint density at radius 1 is 0.920 bits per heavy atom. The highest BCUT2D eigenvalue weighted by molar-refractivity contribution is 6.13. The second kappa shape index (κ2) is 9.77. The number of benzene rings is 2. The summed E-state index contributed by atoms with van der Waals surface area (Å²) in [5, 5.41) is 0. The first-order valence-electron chi connectivity index (χ1n) is 9.03. The van der Waals surface area contributed by atoms with Gasteiger partial charge in [0.05, 0.1) is 5.71 Å². The number of hydrogen-bond acceptors (Lipinski definition) is 2. The lowest BCUT2D eigenvalue weighted by atomic mass is 10.0. The van der Waals surface area contributed by atoms with Crippen molar-refractivity contribution in [1.29, 1.82) is 0 Å². The van der Waals surface area contributed by atoms with Crippen LogP contribution in [0.3, 0.4) is 0 Å². The van der Waals surface area contributed by atoms with Gasteiger partial charge in [-0.1, -0.05) is 86.8 Å². The number of aliphatic imine (C=N–C) groups is 1. The monoisotopic (exact) mass is 336 g/mol. The van der Waals surface area contributed by atoms with Crippen LogP contribution in [0.15, 0.2) is 65.7 Å². The Morgan fingerprint density at radius 3 is 1.88 bits per heavy atom. The summed E-state index contributed by atoms with van der Waals surface area (Å²) in [6.45, 7) is 2.17. The Kier molecular flexibility index (Phi) is 7.39. The molecule has 0 spiro atoms. The van der Waals surface area contributed by atoms with Crippen molar-refractivity contribution in [2.75, 3.05) is 14.1 Å². The van der Waals surface area contributed by atoms with E-state index >= 15 is 0 Å². The smallest absolute Gasteiger partial charge is 0.246 e. The molecule has 2 rings (SSSR count). The first kappa shape index (κ1) is 18.9. The van der Waals surface area contributed by atoms with Gasteiger partial charge >= 0.3 is 0 Å². The van der Waals surface area contributed by atoms with Crippen molar-refractivity contribution in [3.8, 4) is 0 Å². The molecule has 0 fully saturated rings. The van der Waals surface area contributed by atoms with Crippen LogP contribution < -0.4 is 0 Å². The number of rotatable bonds is 8. The molecule has 0 aliphatic rings. The third kappa shape index (κ3) is 5.56. The summed E-state index contributed by atoms with van der Waals surface area (Å²) in [4.78, 5) is 19.2. The molecule has 3 heteroatoms. The van der Waals surface area contributed by atoms with Gasteiger partial charge in [-0.3, -0.25) is 9.79 Å². The molecule has 0 saturated heterocycles. The lowest BCUT2D eigenvalue weighted by molar-refractivity contribution is -0.130. The van der Waals surface area contributed by atoms with E-state index in [2.05, 4.69) is 31.2 Å². The average Bonchev–Trinajstić information content (AvgIpc) is 2.65. The summed E-state index contributed by atoms with van der Waals surface area (Å²) in [6.07, 6.45) is 4.06. The van der Waals surface area contributed by atoms with Crippen molar-refractivity contribution in [1.82, 2.24) is 4.90 Å². The first-order valence-corrected chi connectivity index (χ1v) is 9.03. The molecule has 0 bridgehead atoms. The van der Waals surface area contributed by atoms with Crippen LogP contribution in [0.1, 0.15) is 43.7 Å². The molecule has 0 saturated carbocycles. The number of likely N-dealkylation sites (N-methyl/N-ethyl adjacent to an activating group) is 1. The van der Waals surface area contributed by atoms with Gasteiger partial charge in [0.2, 0.25) is 5.91 Å². The molecular formula is C22H28N2O. The van der Waals surface area contributed by atoms with Crippen molar-refractivity contribution < 1.29 is 4.79 Å². The van der Waals surface area contributed by atoms with Crippen LogP contribution in [0, 0.1) is 0 Å². The van der Waals surface area contributed by atoms with Crippen molar-refractivity contribution in [3.05, 3.63) is 71.8 Å². The van der Waals surface area contributed by atoms with Gasteiger partial charge in [0, 0.05) is 25.2 Å². The summed E-state index contributed by atoms with van der Waals surface area (Å²) >= 11 is 0. The summed E-state index contributed by atoms with van der Waals surface area (Å²) < 4.78 is 0. The van der Waals surface area contributed by atoms with E-state index in [1.165, 1.54) is 0 Å². The van der Waals surface area contributed by atoms with Crippen LogP contribution >= 0.6 is 0 Å². The van der Waals surface area contributed by atoms with E-state index < -0.39 is 0 Å². The molecule has 1 amide bonds. The normalized spacial score (nSPS) is 11.6. The van der Waals surface area contributed by atoms with Gasteiger partial charge in [-0.25, -0.2) is 0 Å². The zero-order valence-electron chi connectivity index (χ0n) is 15.5. The van der Waals surface area contributed by atoms with Crippen molar-refractivity contribution in [2.45, 2.75) is 38.6 Å². The molecule has 2 aromatic carbocycles. The average molecular weight is 336 g/mol. The second-order valence-corrected chi connectivity index (χ2v) is 6.45. The highest BCUT2D eigenvalue weighted by Gasteiger charge is 2.20. The number of hydrogen-bond donors (Lipinski definition) is 0. The summed E-state index contributed by atoms with van der Waals surface area (Å²) in [5.74, 6) is 0.0699. The van der Waals surface area contributed by atoms with Gasteiger partial charge in [0.25, 0.3) is 0 Å². The highest BCUT2D eigenvalue weighted by atomic mass is 16.2. The zero-order valence-corrected chi connectivity index (χ0v) is 15.5. The fourth-order valence-electron chi connectivity index (χ4n) is 2.79. The Bertz CT molecular complexity index is 636. The van der Waals surface area contributed by atoms with E-state index in [0.717, 1.165) is 42.5 Å². The van der Waals surface area contributed by atoms with E-state index in [9.17, 15) is 4.79 Å². The SMILES string of the molecule is CCCCCC(N=C(c1ccccc1)c1ccccc1)C(=O)N(C)C. The third-order valence-electron chi connectivity index (χ3n) is 4.19. The largest absolute Gasteiger partial charge is 0.347 e. The minimum atomic E-state index is -0.336. The first-order chi connectivity index (χ1) is 12.1. The minimum absolute atomic E-state index is 0.0699. The molecule has 0 N–H and O–H groups in total. The number of carbonyl (C=O) groups excluding carboxylic acids is 1. The van der Waals surface area contributed by atoms with E-state index in [4.69, 9.17) is 4.99 Å². The number of amides is 1. The van der Waals surface area contributed by atoms with Crippen LogP contribution in [0.25, 0.3) is 0 Å². The molecule has 0 heterocycles. The quantitative estimate of drug-likeness (QED) is 0.514. The van der Waals surface area contributed by atoms with Gasteiger partial charge in [-0.2, -0.15) is 0 Å². The van der Waals surface area contributed by atoms with E-state index in [1.54, 1.807) is 19.0 Å². The third-order valence-corrected chi connectivity index (χ3v) is 4.19. The minimum Gasteiger partial charge on any atom is -0.347 e. The van der Waals surface area contributed by atoms with Gasteiger partial charge < -0.3 is 4.90 Å². The van der Waals surface area contributed by atoms with Gasteiger partial charge in [-0.05, 0) is 6.42 Å². The van der Waals surface area contributed by atoms with Crippen LogP contribution in [0.5, 0.6) is 0 Å². The lowest BCUT2D eigenvalue weighted by Crippen LogP contribution is -2.33. The molecule has 2 aromatic rings. The highest BCUT2D eigenvalue weighted by Crippen LogP contribution is 2.16. The zero-order chi connectivity index (χ0) is 18.1. The summed E-state index contributed by atoms with van der Waals surface area (Å²) in [6, 6.07) is 19.9. The topological polar surface area (TPSA) is 32.7 Å². The summed E-state index contributed by atoms with van der Waals surface area (Å²) in [5.41, 5.74) is 2.97. The van der Waals surface area contributed by atoms with Crippen LogP contribution in [0.4, 0.5) is 0 Å². The molecule has 132 valence electrons. The number of nitrogens with zero attached hydrogens (tertiary/aromatic N) is 2. The molecule has 1 atom stereocenters. The molecule has 0 aromatic heterocycles. The van der Waals surface area contributed by atoms with Crippen molar-refractivity contribution in [3.63, 3.8) is 0 Å². The molecule has 1 unspecified atom stereocenters. The predicted molar refractivity (Wildman–Crippen MR) is 105 cm³/mol. The molecule has 0 radical (unpaired) electrons. The molecule has 3 nitrogen and oxygen atoms in total. The van der Waals surface area contributed by atoms with Crippen molar-refractivity contribution >= 4 is 11.6 Å². The van der Waals surface area contributed by atoms with E-state index in [1.807, 2.05) is 36.4 Å². The molecule has 0 aliphatic carbocycles. The molecular weight excluding hydrogens is 308 g/mol. The predicted octanol–water partition coefficient (Wildman–Crippen LogP) is 4.56. The van der Waals surface area contributed by atoms with Crippen molar-refractivity contribution in [2.24, 2.45) is 4.99 Å². The molecule has 25 heavy (non-hydrogen) atoms. The maximum absolute atomic E-state index is 12.7. The second-order valence-electron chi connectivity index (χ2n) is 6.45. The van der Waals surface area contributed by atoms with Gasteiger partial charge in [-0.15, -0.1) is 0 Å². The number of carbonyl (C=O) groups is 1. The molecule has 0 aliphatic heterocycles. The number of unbranched alkanes of at least 4 members (excludes halogenated alkanes) is 2. The van der Waals surface area contributed by atoms with E-state index in [-0.39, 0.29) is 11.9 Å². The van der Waals surface area contributed by atoms with Gasteiger partial charge in [0.15, 0.2) is 0 Å². The van der Waals surface area contributed by atoms with Crippen LogP contribution in [-0.4, -0.2) is 36.7 Å². The summed E-state index contributed by atoms with van der Waals surface area (Å²) in [7, 11) is 3.60. The standard InChI is InChI=1S/C22H28N2O/c1-4-5-8-17-20(22(25)24(2)3)23-21(18-13-9-6-10-14-18)19-15-11-7-12-16-19/h6-7,9-16,20H,4-5,8,17H2,1-3H3. The Labute approximate surface area is 151 Å². The lowest BCUT2D eigenvalue weighted by Gasteiger charge is -2.19. The maximum Gasteiger partial charge on any atom is 0.246 e. The Balaban J connectivity index is 2.42. The van der Waals surface area contributed by atoms with E-state index in [0.29, 0.717) is 0 Å². The fraction of sp³-hybridized carbons (Fsp3) is 0.364. The van der Waals surface area contributed by atoms with Gasteiger partial charge in [0.1, 0.15) is 6.04 Å². The van der Waals surface area contributed by atoms with Crippen LogP contribution in [0.2, 0.25) is 0 Å². The Morgan fingerprint density at radius 2 is 1.44 bits per heavy atom. The maximum atomic E-state index is 12.7. The Hall–Kier alpha value is -2.42. The van der Waals surface area contributed by atoms with Crippen LogP contribution in [-0.2, 0) is 4.79 Å².